The van der Waals surface area contributed by atoms with Gasteiger partial charge in [0.1, 0.15) is 11.6 Å². The maximum absolute atomic E-state index is 13.1. The van der Waals surface area contributed by atoms with E-state index in [9.17, 15) is 18.9 Å². The summed E-state index contributed by atoms with van der Waals surface area (Å²) in [4.78, 5) is 10.2. The van der Waals surface area contributed by atoms with Crippen molar-refractivity contribution < 1.29 is 13.7 Å². The number of nitro groups is 1. The van der Waals surface area contributed by atoms with Crippen molar-refractivity contribution in [2.45, 2.75) is 6.54 Å². The van der Waals surface area contributed by atoms with Gasteiger partial charge in [0, 0.05) is 12.6 Å². The number of hydrogen-bond acceptors (Lipinski definition) is 3. The quantitative estimate of drug-likeness (QED) is 0.682. The van der Waals surface area contributed by atoms with Crippen LogP contribution in [0.3, 0.4) is 0 Å². The number of benzene rings is 2. The molecule has 0 fully saturated rings. The zero-order valence-electron chi connectivity index (χ0n) is 10.1. The van der Waals surface area contributed by atoms with Crippen molar-refractivity contribution in [3.63, 3.8) is 0 Å². The van der Waals surface area contributed by atoms with Crippen LogP contribution in [0.4, 0.5) is 20.2 Å². The fourth-order valence-corrected chi connectivity index (χ4v) is 1.88. The third-order valence-electron chi connectivity index (χ3n) is 2.64. The lowest BCUT2D eigenvalue weighted by atomic mass is 10.1. The lowest BCUT2D eigenvalue weighted by molar-refractivity contribution is -0.385. The fraction of sp³-hybridized carbons (Fsp3) is 0.0769. The highest BCUT2D eigenvalue weighted by atomic mass is 35.5. The molecule has 0 aliphatic heterocycles. The molecule has 7 heteroatoms. The van der Waals surface area contributed by atoms with Crippen LogP contribution in [0.1, 0.15) is 5.56 Å². The van der Waals surface area contributed by atoms with Crippen LogP contribution in [-0.2, 0) is 6.54 Å². The third-order valence-corrected chi connectivity index (χ3v) is 2.97. The number of nitrogens with one attached hydrogen (secondary N) is 1. The normalized spacial score (nSPS) is 10.3. The average molecular weight is 299 g/mol. The molecule has 0 amide bonds. The Morgan fingerprint density at radius 1 is 1.15 bits per heavy atom. The molecule has 2 rings (SSSR count). The maximum atomic E-state index is 13.1. The van der Waals surface area contributed by atoms with Gasteiger partial charge in [-0.3, -0.25) is 10.1 Å². The first-order chi connectivity index (χ1) is 9.47. The Labute approximate surface area is 118 Å². The number of anilines is 1. The highest BCUT2D eigenvalue weighted by molar-refractivity contribution is 6.33. The van der Waals surface area contributed by atoms with Gasteiger partial charge in [0.2, 0.25) is 0 Å². The molecule has 0 saturated heterocycles. The molecular weight excluding hydrogens is 290 g/mol. The second kappa shape index (κ2) is 5.83. The summed E-state index contributed by atoms with van der Waals surface area (Å²) >= 11 is 5.86. The van der Waals surface area contributed by atoms with Crippen LogP contribution >= 0.6 is 11.6 Å². The first-order valence-corrected chi connectivity index (χ1v) is 5.97. The van der Waals surface area contributed by atoms with E-state index in [4.69, 9.17) is 11.6 Å². The van der Waals surface area contributed by atoms with Crippen molar-refractivity contribution in [2.75, 3.05) is 5.32 Å². The van der Waals surface area contributed by atoms with Crippen molar-refractivity contribution >= 4 is 23.0 Å². The molecule has 2 aromatic rings. The molecule has 0 unspecified atom stereocenters. The number of hydrogen-bond donors (Lipinski definition) is 1. The predicted octanol–water partition coefficient (Wildman–Crippen LogP) is 4.14. The van der Waals surface area contributed by atoms with E-state index < -0.39 is 16.6 Å². The van der Waals surface area contributed by atoms with Crippen molar-refractivity contribution in [1.82, 2.24) is 0 Å². The molecule has 0 radical (unpaired) electrons. The Morgan fingerprint density at radius 3 is 2.50 bits per heavy atom. The Kier molecular flexibility index (Phi) is 4.14. The molecular formula is C13H9ClF2N2O2. The molecule has 0 saturated carbocycles. The minimum atomic E-state index is -0.608. The molecule has 104 valence electrons. The number of nitro benzene ring substituents is 1. The highest BCUT2D eigenvalue weighted by Crippen LogP contribution is 2.25. The van der Waals surface area contributed by atoms with Crippen molar-refractivity contribution in [2.24, 2.45) is 0 Å². The number of nitrogens with zero attached hydrogens (tertiary/aromatic N) is 1. The van der Waals surface area contributed by atoms with Gasteiger partial charge < -0.3 is 5.32 Å². The standard InChI is InChI=1S/C13H9ClF2N2O2/c14-11-3-1-10(16)6-12(11)17-7-8-5-9(15)2-4-13(8)18(19)20/h1-6,17H,7H2. The molecule has 0 aliphatic carbocycles. The van der Waals surface area contributed by atoms with Crippen molar-refractivity contribution in [1.29, 1.82) is 0 Å². The summed E-state index contributed by atoms with van der Waals surface area (Å²) in [5, 5.41) is 13.9. The molecule has 0 bridgehead atoms. The molecule has 0 heterocycles. The summed E-state index contributed by atoms with van der Waals surface area (Å²) in [5.41, 5.74) is 0.215. The second-order valence-corrected chi connectivity index (χ2v) is 4.42. The topological polar surface area (TPSA) is 55.2 Å². The SMILES string of the molecule is O=[N+]([O-])c1ccc(F)cc1CNc1cc(F)ccc1Cl. The summed E-state index contributed by atoms with van der Waals surface area (Å²) in [5.74, 6) is -1.08. The van der Waals surface area contributed by atoms with Gasteiger partial charge >= 0.3 is 0 Å². The van der Waals surface area contributed by atoms with Gasteiger partial charge in [-0.1, -0.05) is 11.6 Å². The molecule has 20 heavy (non-hydrogen) atoms. The minimum Gasteiger partial charge on any atom is -0.379 e. The van der Waals surface area contributed by atoms with E-state index in [-0.39, 0.29) is 28.5 Å². The average Bonchev–Trinajstić information content (AvgIpc) is 2.39. The van der Waals surface area contributed by atoms with Crippen LogP contribution in [0, 0.1) is 21.7 Å². The molecule has 4 nitrogen and oxygen atoms in total. The number of rotatable bonds is 4. The smallest absolute Gasteiger partial charge is 0.274 e. The molecule has 0 spiro atoms. The third kappa shape index (κ3) is 3.21. The van der Waals surface area contributed by atoms with Crippen LogP contribution in [0.2, 0.25) is 5.02 Å². The van der Waals surface area contributed by atoms with Crippen molar-refractivity contribution in [3.8, 4) is 0 Å². The summed E-state index contributed by atoms with van der Waals surface area (Å²) < 4.78 is 26.2. The Hall–Kier alpha value is -2.21. The van der Waals surface area contributed by atoms with E-state index in [1.54, 1.807) is 0 Å². The molecule has 1 N–H and O–H groups in total. The monoisotopic (exact) mass is 298 g/mol. The second-order valence-electron chi connectivity index (χ2n) is 4.01. The predicted molar refractivity (Wildman–Crippen MR) is 71.8 cm³/mol. The van der Waals surface area contributed by atoms with Crippen molar-refractivity contribution in [3.05, 3.63) is 68.7 Å². The molecule has 0 aromatic heterocycles. The van der Waals surface area contributed by atoms with E-state index in [1.807, 2.05) is 0 Å². The first kappa shape index (κ1) is 14.2. The number of halogens is 3. The largest absolute Gasteiger partial charge is 0.379 e. The molecule has 0 atom stereocenters. The summed E-state index contributed by atoms with van der Waals surface area (Å²) in [6.45, 7) is -0.0444. The van der Waals surface area contributed by atoms with Crippen LogP contribution in [-0.4, -0.2) is 4.92 Å². The Morgan fingerprint density at radius 2 is 1.80 bits per heavy atom. The van der Waals surface area contributed by atoms with E-state index in [2.05, 4.69) is 5.32 Å². The minimum absolute atomic E-state index is 0.0444. The van der Waals surface area contributed by atoms with Gasteiger partial charge in [0.05, 0.1) is 21.2 Å². The van der Waals surface area contributed by atoms with Crippen LogP contribution in [0.15, 0.2) is 36.4 Å². The van der Waals surface area contributed by atoms with Gasteiger partial charge in [-0.2, -0.15) is 0 Å². The fourth-order valence-electron chi connectivity index (χ4n) is 1.70. The van der Waals surface area contributed by atoms with E-state index in [0.29, 0.717) is 0 Å². The molecule has 2 aromatic carbocycles. The lowest BCUT2D eigenvalue weighted by Crippen LogP contribution is -2.04. The van der Waals surface area contributed by atoms with Gasteiger partial charge in [0.25, 0.3) is 5.69 Å². The van der Waals surface area contributed by atoms with E-state index >= 15 is 0 Å². The Bertz CT molecular complexity index is 665. The summed E-state index contributed by atoms with van der Waals surface area (Å²) in [7, 11) is 0. The van der Waals surface area contributed by atoms with Gasteiger partial charge in [0.15, 0.2) is 0 Å². The van der Waals surface area contributed by atoms with Gasteiger partial charge in [-0.05, 0) is 30.3 Å². The van der Waals surface area contributed by atoms with E-state index in [1.165, 1.54) is 12.1 Å². The lowest BCUT2D eigenvalue weighted by Gasteiger charge is -2.09. The van der Waals surface area contributed by atoms with Crippen LogP contribution < -0.4 is 5.32 Å². The zero-order valence-corrected chi connectivity index (χ0v) is 10.8. The van der Waals surface area contributed by atoms with E-state index in [0.717, 1.165) is 24.3 Å². The van der Waals surface area contributed by atoms with Crippen LogP contribution in [0.25, 0.3) is 0 Å². The van der Waals surface area contributed by atoms with Crippen LogP contribution in [0.5, 0.6) is 0 Å². The summed E-state index contributed by atoms with van der Waals surface area (Å²) in [6.07, 6.45) is 0. The maximum Gasteiger partial charge on any atom is 0.274 e. The molecule has 0 aliphatic rings. The van der Waals surface area contributed by atoms with Gasteiger partial charge in [-0.15, -0.1) is 0 Å². The first-order valence-electron chi connectivity index (χ1n) is 5.59. The highest BCUT2D eigenvalue weighted by Gasteiger charge is 2.14. The summed E-state index contributed by atoms with van der Waals surface area (Å²) in [6, 6.07) is 6.86. The Balaban J connectivity index is 2.24. The zero-order chi connectivity index (χ0) is 14.7. The van der Waals surface area contributed by atoms with Gasteiger partial charge in [-0.25, -0.2) is 8.78 Å².